The molecule has 1 aliphatic carbocycles. The van der Waals surface area contributed by atoms with Crippen molar-refractivity contribution in [3.63, 3.8) is 0 Å². The maximum absolute atomic E-state index is 6.42. The van der Waals surface area contributed by atoms with Crippen molar-refractivity contribution in [1.82, 2.24) is 0 Å². The van der Waals surface area contributed by atoms with Crippen molar-refractivity contribution >= 4 is 15.9 Å². The minimum Gasteiger partial charge on any atom is -0.375 e. The van der Waals surface area contributed by atoms with Crippen LogP contribution in [0.4, 0.5) is 0 Å². The van der Waals surface area contributed by atoms with Crippen molar-refractivity contribution in [1.29, 1.82) is 0 Å². The lowest BCUT2D eigenvalue weighted by Crippen LogP contribution is -2.43. The molecule has 0 amide bonds. The zero-order valence-corrected chi connectivity index (χ0v) is 12.4. The van der Waals surface area contributed by atoms with Gasteiger partial charge in [-0.15, -0.1) is 0 Å². The van der Waals surface area contributed by atoms with Gasteiger partial charge in [0.05, 0.1) is 13.2 Å². The van der Waals surface area contributed by atoms with E-state index >= 15 is 0 Å². The van der Waals surface area contributed by atoms with Crippen LogP contribution >= 0.6 is 15.9 Å². The van der Waals surface area contributed by atoms with Crippen LogP contribution in [0.1, 0.15) is 44.1 Å². The molecule has 1 aromatic carbocycles. The normalized spacial score (nSPS) is 19.4. The summed E-state index contributed by atoms with van der Waals surface area (Å²) in [5.41, 5.74) is 7.51. The summed E-state index contributed by atoms with van der Waals surface area (Å²) < 4.78 is 6.95. The van der Waals surface area contributed by atoms with Crippen LogP contribution in [0, 0.1) is 0 Å². The Morgan fingerprint density at radius 2 is 1.78 bits per heavy atom. The van der Waals surface area contributed by atoms with Gasteiger partial charge in [-0.1, -0.05) is 59.8 Å². The molecule has 3 heteroatoms. The second-order valence-corrected chi connectivity index (χ2v) is 6.22. The van der Waals surface area contributed by atoms with E-state index in [0.717, 1.165) is 17.3 Å². The van der Waals surface area contributed by atoms with E-state index in [-0.39, 0.29) is 5.54 Å². The minimum atomic E-state index is -0.0994. The molecule has 2 rings (SSSR count). The van der Waals surface area contributed by atoms with Gasteiger partial charge in [0.1, 0.15) is 0 Å². The second-order valence-electron chi connectivity index (χ2n) is 5.36. The summed E-state index contributed by atoms with van der Waals surface area (Å²) in [5.74, 6) is 0. The molecule has 0 bridgehead atoms. The topological polar surface area (TPSA) is 35.2 Å². The van der Waals surface area contributed by atoms with Crippen LogP contribution in [0.3, 0.4) is 0 Å². The van der Waals surface area contributed by atoms with E-state index in [1.807, 2.05) is 18.2 Å². The summed E-state index contributed by atoms with van der Waals surface area (Å²) in [6.45, 7) is 1.31. The molecule has 100 valence electrons. The molecule has 0 spiro atoms. The lowest BCUT2D eigenvalue weighted by Gasteiger charge is -2.27. The molecule has 0 atom stereocenters. The molecule has 1 aromatic rings. The van der Waals surface area contributed by atoms with Gasteiger partial charge in [-0.3, -0.25) is 0 Å². The Balaban J connectivity index is 1.82. The highest BCUT2D eigenvalue weighted by atomic mass is 79.9. The smallest absolute Gasteiger partial charge is 0.0728 e. The van der Waals surface area contributed by atoms with Gasteiger partial charge in [0.15, 0.2) is 0 Å². The van der Waals surface area contributed by atoms with Crippen molar-refractivity contribution < 1.29 is 4.74 Å². The first-order valence-corrected chi connectivity index (χ1v) is 7.59. The van der Waals surface area contributed by atoms with E-state index < -0.39 is 0 Å². The third kappa shape index (κ3) is 4.08. The number of benzene rings is 1. The Labute approximate surface area is 118 Å². The summed E-state index contributed by atoms with van der Waals surface area (Å²) in [4.78, 5) is 0. The summed E-state index contributed by atoms with van der Waals surface area (Å²) in [5, 5.41) is 0. The van der Waals surface area contributed by atoms with Crippen molar-refractivity contribution in [2.45, 2.75) is 50.7 Å². The number of hydrogen-bond donors (Lipinski definition) is 1. The van der Waals surface area contributed by atoms with Gasteiger partial charge < -0.3 is 10.5 Å². The highest BCUT2D eigenvalue weighted by molar-refractivity contribution is 9.10. The molecule has 1 aliphatic rings. The molecule has 18 heavy (non-hydrogen) atoms. The average molecular weight is 312 g/mol. The largest absolute Gasteiger partial charge is 0.375 e. The van der Waals surface area contributed by atoms with Crippen molar-refractivity contribution in [2.75, 3.05) is 6.61 Å². The van der Waals surface area contributed by atoms with Crippen LogP contribution in [0.2, 0.25) is 0 Å². The number of rotatable bonds is 4. The zero-order valence-electron chi connectivity index (χ0n) is 10.8. The SMILES string of the molecule is NC1(COCc2ccccc2Br)CCCCCC1. The summed E-state index contributed by atoms with van der Waals surface area (Å²) in [7, 11) is 0. The Bertz CT molecular complexity index is 373. The molecule has 2 nitrogen and oxygen atoms in total. The lowest BCUT2D eigenvalue weighted by atomic mass is 9.93. The summed E-state index contributed by atoms with van der Waals surface area (Å²) >= 11 is 3.54. The Morgan fingerprint density at radius 1 is 1.11 bits per heavy atom. The zero-order chi connectivity index (χ0) is 12.8. The molecule has 0 heterocycles. The van der Waals surface area contributed by atoms with Gasteiger partial charge >= 0.3 is 0 Å². The van der Waals surface area contributed by atoms with Gasteiger partial charge in [0.2, 0.25) is 0 Å². The third-order valence-electron chi connectivity index (χ3n) is 3.70. The fourth-order valence-corrected chi connectivity index (χ4v) is 2.96. The Morgan fingerprint density at radius 3 is 2.44 bits per heavy atom. The number of hydrogen-bond acceptors (Lipinski definition) is 2. The van der Waals surface area contributed by atoms with Crippen LogP contribution in [-0.2, 0) is 11.3 Å². The number of nitrogens with two attached hydrogens (primary N) is 1. The number of ether oxygens (including phenoxy) is 1. The highest BCUT2D eigenvalue weighted by Gasteiger charge is 2.26. The molecule has 2 N–H and O–H groups in total. The quantitative estimate of drug-likeness (QED) is 0.852. The van der Waals surface area contributed by atoms with Crippen LogP contribution in [0.15, 0.2) is 28.7 Å². The Hall–Kier alpha value is -0.380. The average Bonchev–Trinajstić information content (AvgIpc) is 2.57. The molecule has 0 saturated heterocycles. The number of halogens is 1. The lowest BCUT2D eigenvalue weighted by molar-refractivity contribution is 0.0664. The van der Waals surface area contributed by atoms with Crippen molar-refractivity contribution in [3.8, 4) is 0 Å². The standard InChI is InChI=1S/C15H22BrNO/c16-14-8-4-3-7-13(14)11-18-12-15(17)9-5-1-2-6-10-15/h3-4,7-8H,1-2,5-6,9-12,17H2. The molecule has 0 radical (unpaired) electrons. The molecule has 1 saturated carbocycles. The van der Waals surface area contributed by atoms with E-state index in [2.05, 4.69) is 22.0 Å². The second kappa shape index (κ2) is 6.69. The van der Waals surface area contributed by atoms with Gasteiger partial charge in [-0.05, 0) is 24.5 Å². The first-order chi connectivity index (χ1) is 8.70. The summed E-state index contributed by atoms with van der Waals surface area (Å²) in [6, 6.07) is 8.18. The minimum absolute atomic E-state index is 0.0994. The maximum atomic E-state index is 6.42. The monoisotopic (exact) mass is 311 g/mol. The van der Waals surface area contributed by atoms with E-state index in [1.54, 1.807) is 0 Å². The molecular formula is C15H22BrNO. The van der Waals surface area contributed by atoms with E-state index in [4.69, 9.17) is 10.5 Å². The van der Waals surface area contributed by atoms with E-state index in [9.17, 15) is 0 Å². The molecule has 1 fully saturated rings. The van der Waals surface area contributed by atoms with Gasteiger partial charge in [0, 0.05) is 10.0 Å². The predicted octanol–water partition coefficient (Wildman–Crippen LogP) is 4.02. The summed E-state index contributed by atoms with van der Waals surface area (Å²) in [6.07, 6.45) is 7.34. The Kier molecular flexibility index (Phi) is 5.22. The molecule has 0 unspecified atom stereocenters. The molecular weight excluding hydrogens is 290 g/mol. The molecule has 0 aliphatic heterocycles. The fourth-order valence-electron chi connectivity index (χ4n) is 2.56. The van der Waals surface area contributed by atoms with Gasteiger partial charge in [-0.2, -0.15) is 0 Å². The maximum Gasteiger partial charge on any atom is 0.0728 e. The van der Waals surface area contributed by atoms with Gasteiger partial charge in [-0.25, -0.2) is 0 Å². The van der Waals surface area contributed by atoms with E-state index in [1.165, 1.54) is 31.2 Å². The van der Waals surface area contributed by atoms with Crippen LogP contribution in [0.5, 0.6) is 0 Å². The first kappa shape index (κ1) is 14.0. The fraction of sp³-hybridized carbons (Fsp3) is 0.600. The van der Waals surface area contributed by atoms with Crippen LogP contribution in [0.25, 0.3) is 0 Å². The van der Waals surface area contributed by atoms with E-state index in [0.29, 0.717) is 13.2 Å². The van der Waals surface area contributed by atoms with Crippen LogP contribution in [-0.4, -0.2) is 12.1 Å². The third-order valence-corrected chi connectivity index (χ3v) is 4.48. The highest BCUT2D eigenvalue weighted by Crippen LogP contribution is 2.26. The van der Waals surface area contributed by atoms with Crippen molar-refractivity contribution in [3.05, 3.63) is 34.3 Å². The predicted molar refractivity (Wildman–Crippen MR) is 78.4 cm³/mol. The molecule has 0 aromatic heterocycles. The first-order valence-electron chi connectivity index (χ1n) is 6.80. The van der Waals surface area contributed by atoms with Crippen LogP contribution < -0.4 is 5.73 Å². The van der Waals surface area contributed by atoms with Gasteiger partial charge in [0.25, 0.3) is 0 Å². The van der Waals surface area contributed by atoms with Crippen molar-refractivity contribution in [2.24, 2.45) is 5.73 Å².